The summed E-state index contributed by atoms with van der Waals surface area (Å²) >= 11 is 6.07. The minimum atomic E-state index is -0.281. The van der Waals surface area contributed by atoms with Gasteiger partial charge in [0, 0.05) is 12.6 Å². The molecule has 0 amide bonds. The zero-order chi connectivity index (χ0) is 13.9. The predicted octanol–water partition coefficient (Wildman–Crippen LogP) is 1.87. The van der Waals surface area contributed by atoms with Crippen LogP contribution >= 0.6 is 11.6 Å². The van der Waals surface area contributed by atoms with Gasteiger partial charge in [0.15, 0.2) is 0 Å². The first-order chi connectivity index (χ1) is 8.38. The van der Waals surface area contributed by atoms with Crippen molar-refractivity contribution in [1.82, 2.24) is 9.78 Å². The van der Waals surface area contributed by atoms with E-state index in [4.69, 9.17) is 17.3 Å². The predicted molar refractivity (Wildman–Crippen MR) is 75.2 cm³/mol. The summed E-state index contributed by atoms with van der Waals surface area (Å²) in [6, 6.07) is 0.0538. The molecule has 6 heteroatoms. The number of hydrogen-bond acceptors (Lipinski definition) is 4. The topological polar surface area (TPSA) is 72.9 Å². The minimum Gasteiger partial charge on any atom is -0.378 e. The molecule has 1 unspecified atom stereocenters. The van der Waals surface area contributed by atoms with E-state index >= 15 is 0 Å². The normalized spacial score (nSPS) is 13.1. The van der Waals surface area contributed by atoms with Crippen molar-refractivity contribution in [3.05, 3.63) is 21.6 Å². The lowest BCUT2D eigenvalue weighted by Gasteiger charge is -2.22. The first-order valence-electron chi connectivity index (χ1n) is 6.12. The Labute approximate surface area is 112 Å². The number of nitrogens with zero attached hydrogens (tertiary/aromatic N) is 2. The van der Waals surface area contributed by atoms with Crippen molar-refractivity contribution >= 4 is 17.3 Å². The lowest BCUT2D eigenvalue weighted by Crippen LogP contribution is -2.35. The van der Waals surface area contributed by atoms with Gasteiger partial charge in [-0.3, -0.25) is 4.79 Å². The Balaban J connectivity index is 3.06. The molecule has 0 bridgehead atoms. The molecule has 1 heterocycles. The van der Waals surface area contributed by atoms with E-state index in [0.717, 1.165) is 0 Å². The van der Waals surface area contributed by atoms with Crippen LogP contribution in [0, 0.1) is 5.92 Å². The molecule has 0 saturated carbocycles. The van der Waals surface area contributed by atoms with Gasteiger partial charge in [-0.05, 0) is 19.8 Å². The van der Waals surface area contributed by atoms with Crippen LogP contribution in [0.4, 0.5) is 5.69 Å². The molecule has 0 radical (unpaired) electrons. The van der Waals surface area contributed by atoms with Gasteiger partial charge in [-0.1, -0.05) is 25.4 Å². The van der Waals surface area contributed by atoms with Gasteiger partial charge in [-0.15, -0.1) is 0 Å². The van der Waals surface area contributed by atoms with Crippen LogP contribution in [0.2, 0.25) is 5.02 Å². The third-order valence-corrected chi connectivity index (χ3v) is 3.20. The molecule has 0 aliphatic rings. The van der Waals surface area contributed by atoms with Crippen molar-refractivity contribution < 1.29 is 0 Å². The summed E-state index contributed by atoms with van der Waals surface area (Å²) in [7, 11) is 0. The summed E-state index contributed by atoms with van der Waals surface area (Å²) in [5.74, 6) is 0.346. The van der Waals surface area contributed by atoms with E-state index in [2.05, 4.69) is 24.3 Å². The molecule has 18 heavy (non-hydrogen) atoms. The Morgan fingerprint density at radius 3 is 2.50 bits per heavy atom. The van der Waals surface area contributed by atoms with E-state index in [1.807, 2.05) is 13.8 Å². The molecule has 1 aromatic rings. The Morgan fingerprint density at radius 2 is 2.06 bits per heavy atom. The summed E-state index contributed by atoms with van der Waals surface area (Å²) in [4.78, 5) is 12.0. The lowest BCUT2D eigenvalue weighted by atomic mass is 10.0. The van der Waals surface area contributed by atoms with E-state index in [9.17, 15) is 4.79 Å². The zero-order valence-corrected chi connectivity index (χ0v) is 12.0. The van der Waals surface area contributed by atoms with Crippen LogP contribution < -0.4 is 16.6 Å². The van der Waals surface area contributed by atoms with Crippen LogP contribution in [0.5, 0.6) is 0 Å². The van der Waals surface area contributed by atoms with Crippen LogP contribution in [0.3, 0.4) is 0 Å². The molecule has 102 valence electrons. The molecule has 5 nitrogen and oxygen atoms in total. The highest BCUT2D eigenvalue weighted by atomic mass is 35.5. The molecule has 1 aromatic heterocycles. The fraction of sp³-hybridized carbons (Fsp3) is 0.667. The Kier molecular flexibility index (Phi) is 5.16. The van der Waals surface area contributed by atoms with E-state index in [1.165, 1.54) is 4.68 Å². The van der Waals surface area contributed by atoms with Gasteiger partial charge in [-0.2, -0.15) is 5.10 Å². The molecule has 0 spiro atoms. The number of anilines is 1. The number of hydrogen-bond donors (Lipinski definition) is 2. The molecular formula is C12H21ClN4O. The molecular weight excluding hydrogens is 252 g/mol. The smallest absolute Gasteiger partial charge is 0.287 e. The Hall–Kier alpha value is -1.07. The molecule has 1 atom stereocenters. The van der Waals surface area contributed by atoms with E-state index in [0.29, 0.717) is 18.2 Å². The van der Waals surface area contributed by atoms with Crippen LogP contribution in [0.25, 0.3) is 0 Å². The fourth-order valence-electron chi connectivity index (χ4n) is 1.61. The van der Waals surface area contributed by atoms with E-state index in [-0.39, 0.29) is 22.7 Å². The molecule has 0 fully saturated rings. The Morgan fingerprint density at radius 1 is 1.44 bits per heavy atom. The monoisotopic (exact) mass is 272 g/mol. The summed E-state index contributed by atoms with van der Waals surface area (Å²) in [6.07, 6.45) is 1.58. The average Bonchev–Trinajstić information content (AvgIpc) is 2.30. The minimum absolute atomic E-state index is 0.0144. The van der Waals surface area contributed by atoms with Crippen LogP contribution in [0.15, 0.2) is 11.0 Å². The summed E-state index contributed by atoms with van der Waals surface area (Å²) in [5.41, 5.74) is 5.94. The van der Waals surface area contributed by atoms with Gasteiger partial charge < -0.3 is 11.1 Å². The van der Waals surface area contributed by atoms with Crippen molar-refractivity contribution in [2.75, 3.05) is 11.9 Å². The third-order valence-electron chi connectivity index (χ3n) is 2.83. The highest BCUT2D eigenvalue weighted by molar-refractivity contribution is 6.32. The van der Waals surface area contributed by atoms with Gasteiger partial charge in [0.05, 0.1) is 17.9 Å². The molecule has 0 saturated heterocycles. The van der Waals surface area contributed by atoms with Crippen molar-refractivity contribution in [2.45, 2.75) is 39.8 Å². The first-order valence-corrected chi connectivity index (χ1v) is 6.50. The maximum Gasteiger partial charge on any atom is 0.287 e. The van der Waals surface area contributed by atoms with Gasteiger partial charge in [-0.25, -0.2) is 4.68 Å². The molecule has 0 aliphatic heterocycles. The summed E-state index contributed by atoms with van der Waals surface area (Å²) in [6.45, 7) is 8.35. The van der Waals surface area contributed by atoms with Gasteiger partial charge >= 0.3 is 0 Å². The summed E-state index contributed by atoms with van der Waals surface area (Å²) in [5, 5.41) is 7.44. The SMILES string of the molecule is CC(C)C(CN)Nc1cnn(C(C)C)c(=O)c1Cl. The van der Waals surface area contributed by atoms with Crippen molar-refractivity contribution in [2.24, 2.45) is 11.7 Å². The van der Waals surface area contributed by atoms with Gasteiger partial charge in [0.25, 0.3) is 5.56 Å². The summed E-state index contributed by atoms with van der Waals surface area (Å²) < 4.78 is 1.36. The van der Waals surface area contributed by atoms with Crippen LogP contribution in [-0.4, -0.2) is 22.4 Å². The quantitative estimate of drug-likeness (QED) is 0.858. The lowest BCUT2D eigenvalue weighted by molar-refractivity contribution is 0.500. The highest BCUT2D eigenvalue weighted by Gasteiger charge is 2.16. The van der Waals surface area contributed by atoms with Crippen molar-refractivity contribution in [1.29, 1.82) is 0 Å². The highest BCUT2D eigenvalue weighted by Crippen LogP contribution is 2.19. The zero-order valence-electron chi connectivity index (χ0n) is 11.3. The first kappa shape index (κ1) is 15.0. The van der Waals surface area contributed by atoms with Crippen molar-refractivity contribution in [3.63, 3.8) is 0 Å². The number of rotatable bonds is 5. The number of halogens is 1. The standard InChI is InChI=1S/C12H21ClN4O/c1-7(2)9(5-14)16-10-6-15-17(8(3)4)12(18)11(10)13/h6-9,16H,5,14H2,1-4H3. The van der Waals surface area contributed by atoms with E-state index < -0.39 is 0 Å². The largest absolute Gasteiger partial charge is 0.378 e. The molecule has 3 N–H and O–H groups in total. The van der Waals surface area contributed by atoms with Gasteiger partial charge in [0.2, 0.25) is 0 Å². The molecule has 1 rings (SSSR count). The van der Waals surface area contributed by atoms with Crippen LogP contribution in [-0.2, 0) is 0 Å². The average molecular weight is 273 g/mol. The second-order valence-corrected chi connectivity index (χ2v) is 5.32. The Bertz CT molecular complexity index is 456. The second-order valence-electron chi connectivity index (χ2n) is 4.95. The van der Waals surface area contributed by atoms with Crippen LogP contribution in [0.1, 0.15) is 33.7 Å². The number of aromatic nitrogens is 2. The van der Waals surface area contributed by atoms with Gasteiger partial charge in [0.1, 0.15) is 5.02 Å². The van der Waals surface area contributed by atoms with E-state index in [1.54, 1.807) is 6.20 Å². The number of nitrogens with two attached hydrogens (primary N) is 1. The second kappa shape index (κ2) is 6.20. The third kappa shape index (κ3) is 3.23. The van der Waals surface area contributed by atoms with Crippen molar-refractivity contribution in [3.8, 4) is 0 Å². The maximum atomic E-state index is 12.0. The number of nitrogens with one attached hydrogen (secondary N) is 1. The fourth-order valence-corrected chi connectivity index (χ4v) is 1.80. The molecule has 0 aliphatic carbocycles. The maximum absolute atomic E-state index is 12.0. The molecule has 0 aromatic carbocycles.